The van der Waals surface area contributed by atoms with Gasteiger partial charge in [-0.1, -0.05) is 48.5 Å². The number of hydrogen-bond donors (Lipinski definition) is 3. The summed E-state index contributed by atoms with van der Waals surface area (Å²) in [6.07, 6.45) is 0. The fourth-order valence-corrected chi connectivity index (χ4v) is 11.3. The number of nitrogens with two attached hydrogens (primary N) is 1. The van der Waals surface area contributed by atoms with Gasteiger partial charge in [0, 0.05) is 68.7 Å². The van der Waals surface area contributed by atoms with Gasteiger partial charge in [-0.05, 0) is 35.0 Å². The number of fused-ring (bicyclic) bond motifs is 20. The summed E-state index contributed by atoms with van der Waals surface area (Å²) >= 11 is 0. The minimum Gasteiger partial charge on any atom is -0.379 e. The van der Waals surface area contributed by atoms with E-state index in [1.54, 1.807) is 0 Å². The van der Waals surface area contributed by atoms with E-state index in [9.17, 15) is 42.8 Å². The van der Waals surface area contributed by atoms with Gasteiger partial charge >= 0.3 is 17.1 Å². The van der Waals surface area contributed by atoms with E-state index in [-0.39, 0.29) is 138 Å². The van der Waals surface area contributed by atoms with Crippen molar-refractivity contribution in [2.24, 2.45) is 5.14 Å². The van der Waals surface area contributed by atoms with Crippen molar-refractivity contribution in [3.05, 3.63) is 72.8 Å². The normalized spacial score (nSPS) is 14.7. The van der Waals surface area contributed by atoms with Gasteiger partial charge in [-0.3, -0.25) is 9.11 Å². The molecule has 21 nitrogen and oxygen atoms in total. The Hall–Kier alpha value is -5.64. The molecular formula is C36H24CuN10O11S4. The van der Waals surface area contributed by atoms with E-state index in [2.05, 4.69) is 34.9 Å². The van der Waals surface area contributed by atoms with E-state index in [0.717, 1.165) is 12.1 Å². The number of morpholine rings is 1. The maximum Gasteiger partial charge on any atom is 2.00 e. The largest absolute Gasteiger partial charge is 2.00 e. The fourth-order valence-electron chi connectivity index (χ4n) is 7.53. The molecule has 62 heavy (non-hydrogen) atoms. The molecule has 8 bridgehead atoms. The molecule has 26 heteroatoms. The average Bonchev–Trinajstić information content (AvgIpc) is 3.95. The van der Waals surface area contributed by atoms with Gasteiger partial charge in [-0.2, -0.15) is 21.1 Å². The molecule has 1 fully saturated rings. The van der Waals surface area contributed by atoms with Crippen molar-refractivity contribution in [2.75, 3.05) is 26.3 Å². The minimum absolute atomic E-state index is 0. The van der Waals surface area contributed by atoms with Crippen molar-refractivity contribution in [1.29, 1.82) is 0 Å². The van der Waals surface area contributed by atoms with Gasteiger partial charge in [-0.25, -0.2) is 36.9 Å². The predicted molar refractivity (Wildman–Crippen MR) is 215 cm³/mol. The van der Waals surface area contributed by atoms with E-state index in [0.29, 0.717) is 0 Å². The molecule has 1 saturated heterocycles. The summed E-state index contributed by atoms with van der Waals surface area (Å²) in [5.41, 5.74) is -1.43. The number of benzene rings is 4. The number of hydrogen-bond acceptors (Lipinski definition) is 15. The molecule has 0 atom stereocenters. The van der Waals surface area contributed by atoms with Crippen molar-refractivity contribution >= 4 is 84.4 Å². The second-order valence-corrected chi connectivity index (χ2v) is 19.9. The molecule has 1 radical (unpaired) electrons. The van der Waals surface area contributed by atoms with Crippen LogP contribution in [0.3, 0.4) is 0 Å². The van der Waals surface area contributed by atoms with E-state index in [4.69, 9.17) is 14.9 Å². The molecule has 3 aromatic heterocycles. The van der Waals surface area contributed by atoms with Gasteiger partial charge in [0.1, 0.15) is 9.79 Å². The monoisotopic (exact) mass is 963 g/mol. The Morgan fingerprint density at radius 1 is 0.532 bits per heavy atom. The summed E-state index contributed by atoms with van der Waals surface area (Å²) < 4.78 is 133. The van der Waals surface area contributed by atoms with Crippen LogP contribution in [-0.4, -0.2) is 103 Å². The molecule has 10 rings (SSSR count). The number of rotatable bonds is 5. The van der Waals surface area contributed by atoms with Gasteiger partial charge in [0.15, 0.2) is 11.6 Å². The van der Waals surface area contributed by atoms with Crippen molar-refractivity contribution in [2.45, 2.75) is 19.6 Å². The van der Waals surface area contributed by atoms with E-state index < -0.39 is 55.0 Å². The van der Waals surface area contributed by atoms with Gasteiger partial charge in [-0.15, -0.1) is 0 Å². The van der Waals surface area contributed by atoms with Crippen LogP contribution >= 0.6 is 0 Å². The van der Waals surface area contributed by atoms with Crippen LogP contribution in [0.2, 0.25) is 0 Å². The van der Waals surface area contributed by atoms with E-state index >= 15 is 0 Å². The van der Waals surface area contributed by atoms with Gasteiger partial charge < -0.3 is 29.7 Å². The van der Waals surface area contributed by atoms with Crippen molar-refractivity contribution in [3.63, 3.8) is 0 Å². The van der Waals surface area contributed by atoms with Gasteiger partial charge in [0.2, 0.25) is 20.0 Å². The molecule has 0 saturated carbocycles. The molecular weight excluding hydrogens is 940 g/mol. The van der Waals surface area contributed by atoms with E-state index in [1.165, 1.54) is 65.0 Å². The Balaban J connectivity index is 0.00000490. The first-order valence-corrected chi connectivity index (χ1v) is 23.6. The summed E-state index contributed by atoms with van der Waals surface area (Å²) in [5, 5.41) is 5.50. The first-order chi connectivity index (χ1) is 28.9. The maximum absolute atomic E-state index is 14.3. The minimum atomic E-state index is -4.98. The van der Waals surface area contributed by atoms with Crippen LogP contribution in [0.15, 0.2) is 92.4 Å². The van der Waals surface area contributed by atoms with Crippen molar-refractivity contribution in [3.8, 4) is 45.6 Å². The molecule has 3 aliphatic heterocycles. The van der Waals surface area contributed by atoms with E-state index in [1.807, 2.05) is 0 Å². The van der Waals surface area contributed by atoms with Crippen LogP contribution in [0.4, 0.5) is 0 Å². The Morgan fingerprint density at radius 3 is 1.55 bits per heavy atom. The van der Waals surface area contributed by atoms with Crippen molar-refractivity contribution < 1.29 is 64.6 Å². The Labute approximate surface area is 360 Å². The number of sulfonamides is 2. The molecule has 0 spiro atoms. The smallest absolute Gasteiger partial charge is 0.379 e. The molecule has 4 aromatic carbocycles. The van der Waals surface area contributed by atoms with Crippen LogP contribution in [0.1, 0.15) is 0 Å². The van der Waals surface area contributed by atoms with Crippen LogP contribution in [0, 0.1) is 0 Å². The summed E-state index contributed by atoms with van der Waals surface area (Å²) in [6.45, 7) is 0.358. The molecule has 0 amide bonds. The molecule has 3 aliphatic rings. The van der Waals surface area contributed by atoms with Crippen LogP contribution in [-0.2, 0) is 62.1 Å². The zero-order valence-corrected chi connectivity index (χ0v) is 35.1. The predicted octanol–water partition coefficient (Wildman–Crippen LogP) is 2.29. The number of aromatic nitrogens is 8. The molecule has 0 aliphatic carbocycles. The third-order valence-corrected chi connectivity index (χ3v) is 14.8. The average molecular weight is 964 g/mol. The summed E-state index contributed by atoms with van der Waals surface area (Å²) in [7, 11) is -18.7. The molecule has 319 valence electrons. The Morgan fingerprint density at radius 2 is 0.968 bits per heavy atom. The van der Waals surface area contributed by atoms with Crippen LogP contribution < -0.4 is 15.1 Å². The standard InChI is InChI=1S/C36H24N10O11S4.Cu/c37-58(47,48)21-9-1-5-17-25(21)33-38-29(17)40-34-26-18(6-2-10-22(26)59(49,50)46-13-15-57-16-14-46)30(41-34)42-35-28-20(8-4-12-24(28)61(54,55)56)32(44-35)45-36-27-19(31(39-33)43-36)7-3-11-23(27)60(51,52)53;/h1-12H,13-16H2,(H4-2,37,38,39,40,41,42,43,44,45,47,48,51,52,53,54,55,56);/q-2;+2. The summed E-state index contributed by atoms with van der Waals surface area (Å²) in [4.78, 5) is 34.7. The SMILES string of the molecule is NS(=O)(=O)c1cccc2c1-c1nc-2nc2[n-]c(nc3[n-]c(nc4nc(n1)-c1cccc(S(=O)(=O)O)c1-4)c1cccc(S(=O)(=O)O)c31)c1cccc(S(=O)(=O)N3CCOCC3)c21.[Cu+2]. The van der Waals surface area contributed by atoms with Crippen LogP contribution in [0.5, 0.6) is 0 Å². The molecule has 4 N–H and O–H groups in total. The van der Waals surface area contributed by atoms with Crippen molar-refractivity contribution in [1.82, 2.24) is 44.2 Å². The molecule has 6 heterocycles. The maximum atomic E-state index is 14.3. The first-order valence-electron chi connectivity index (χ1n) is 17.7. The van der Waals surface area contributed by atoms with Crippen LogP contribution in [0.25, 0.3) is 89.7 Å². The quantitative estimate of drug-likeness (QED) is 0.165. The molecule has 0 unspecified atom stereocenters. The number of nitrogens with zero attached hydrogens (tertiary/aromatic N) is 9. The summed E-state index contributed by atoms with van der Waals surface area (Å²) in [6, 6.07) is 15.9. The summed E-state index contributed by atoms with van der Waals surface area (Å²) in [5.74, 6) is -1.17. The third kappa shape index (κ3) is 6.67. The second-order valence-electron chi connectivity index (χ2n) is 13.7. The molecule has 7 aromatic rings. The fraction of sp³-hybridized carbons (Fsp3) is 0.111. The Bertz CT molecular complexity index is 3770. The topological polar surface area (TPSA) is 321 Å². The van der Waals surface area contributed by atoms with Gasteiger partial charge in [0.25, 0.3) is 20.2 Å². The Kier molecular flexibility index (Phi) is 9.73. The zero-order chi connectivity index (χ0) is 42.8. The third-order valence-electron chi connectivity index (χ3n) is 10.1. The number of ether oxygens (including phenoxy) is 1. The first kappa shape index (κ1) is 41.7. The van der Waals surface area contributed by atoms with Gasteiger partial charge in [0.05, 0.1) is 34.7 Å². The number of primary sulfonamides is 1. The second kappa shape index (κ2) is 14.5. The zero-order valence-electron chi connectivity index (χ0n) is 30.9.